The Kier molecular flexibility index (Phi) is 4.44. The largest absolute Gasteiger partial charge is 0.508 e. The average molecular weight is 271 g/mol. The Labute approximate surface area is 115 Å². The lowest BCUT2D eigenvalue weighted by atomic mass is 10.1. The zero-order valence-electron chi connectivity index (χ0n) is 10.7. The monoisotopic (exact) mass is 271 g/mol. The highest BCUT2D eigenvalue weighted by atomic mass is 16.5. The van der Waals surface area contributed by atoms with E-state index < -0.39 is 0 Å². The molecule has 2 rings (SSSR count). The van der Waals surface area contributed by atoms with Crippen molar-refractivity contribution >= 4 is 11.7 Å². The molecule has 5 nitrogen and oxygen atoms in total. The third kappa shape index (κ3) is 3.91. The summed E-state index contributed by atoms with van der Waals surface area (Å²) < 4.78 is 5.13. The first-order chi connectivity index (χ1) is 9.67. The molecule has 0 unspecified atom stereocenters. The lowest BCUT2D eigenvalue weighted by molar-refractivity contribution is -0.134. The Morgan fingerprint density at radius 3 is 2.30 bits per heavy atom. The summed E-state index contributed by atoms with van der Waals surface area (Å²) in [5.74, 6) is 0.221. The van der Waals surface area contributed by atoms with Crippen molar-refractivity contribution in [3.05, 3.63) is 59.0 Å². The van der Waals surface area contributed by atoms with Gasteiger partial charge in [-0.15, -0.1) is 4.91 Å². The maximum atomic E-state index is 11.7. The summed E-state index contributed by atoms with van der Waals surface area (Å²) in [5.41, 5.74) is 1.23. The average Bonchev–Trinajstić information content (AvgIpc) is 2.47. The van der Waals surface area contributed by atoms with Crippen LogP contribution in [0.4, 0.5) is 5.69 Å². The van der Waals surface area contributed by atoms with Crippen molar-refractivity contribution in [2.75, 3.05) is 0 Å². The van der Waals surface area contributed by atoms with Crippen LogP contribution < -0.4 is 4.74 Å². The highest BCUT2D eigenvalue weighted by Gasteiger charge is 2.06. The van der Waals surface area contributed by atoms with Gasteiger partial charge in [0.05, 0.1) is 0 Å². The number of aryl methyl sites for hydroxylation is 1. The lowest BCUT2D eigenvalue weighted by Gasteiger charge is -2.04. The molecule has 2 aromatic carbocycles. The zero-order chi connectivity index (χ0) is 14.4. The van der Waals surface area contributed by atoms with Crippen LogP contribution in [0.1, 0.15) is 12.0 Å². The van der Waals surface area contributed by atoms with E-state index in [2.05, 4.69) is 5.18 Å². The van der Waals surface area contributed by atoms with Crippen LogP contribution in [0, 0.1) is 4.91 Å². The van der Waals surface area contributed by atoms with Gasteiger partial charge in [0.2, 0.25) is 0 Å². The van der Waals surface area contributed by atoms with Crippen molar-refractivity contribution in [2.45, 2.75) is 12.8 Å². The number of carbonyl (C=O) groups is 1. The molecular formula is C15H13NO4. The Bertz CT molecular complexity index is 590. The molecule has 20 heavy (non-hydrogen) atoms. The van der Waals surface area contributed by atoms with Crippen LogP contribution in [-0.2, 0) is 11.2 Å². The molecule has 0 atom stereocenters. The van der Waals surface area contributed by atoms with E-state index in [-0.39, 0.29) is 23.8 Å². The minimum atomic E-state index is -0.357. The molecular weight excluding hydrogens is 258 g/mol. The van der Waals surface area contributed by atoms with Crippen molar-refractivity contribution in [1.29, 1.82) is 0 Å². The number of phenolic OH excluding ortho intramolecular Hbond substituents is 1. The predicted octanol–water partition coefficient (Wildman–Crippen LogP) is 3.33. The van der Waals surface area contributed by atoms with E-state index in [9.17, 15) is 9.70 Å². The second kappa shape index (κ2) is 6.47. The summed E-state index contributed by atoms with van der Waals surface area (Å²) in [6, 6.07) is 12.7. The highest BCUT2D eigenvalue weighted by Crippen LogP contribution is 2.18. The van der Waals surface area contributed by atoms with Crippen molar-refractivity contribution in [3.8, 4) is 11.5 Å². The summed E-state index contributed by atoms with van der Waals surface area (Å²) in [5, 5.41) is 11.9. The van der Waals surface area contributed by atoms with Gasteiger partial charge >= 0.3 is 5.97 Å². The fourth-order valence-corrected chi connectivity index (χ4v) is 1.67. The molecule has 0 saturated heterocycles. The minimum absolute atomic E-state index is 0.195. The first-order valence-corrected chi connectivity index (χ1v) is 6.09. The first kappa shape index (κ1) is 13.7. The van der Waals surface area contributed by atoms with Gasteiger partial charge in [-0.1, -0.05) is 12.1 Å². The number of nitroso groups, excluding NO2 is 1. The van der Waals surface area contributed by atoms with Gasteiger partial charge in [-0.25, -0.2) is 0 Å². The maximum absolute atomic E-state index is 11.7. The summed E-state index contributed by atoms with van der Waals surface area (Å²) in [6.45, 7) is 0. The molecule has 0 aliphatic carbocycles. The number of benzene rings is 2. The molecule has 5 heteroatoms. The highest BCUT2D eigenvalue weighted by molar-refractivity contribution is 5.72. The second-order valence-electron chi connectivity index (χ2n) is 4.23. The number of rotatable bonds is 5. The number of carbonyl (C=O) groups excluding carboxylic acids is 1. The molecule has 0 radical (unpaired) electrons. The number of nitrogens with zero attached hydrogens (tertiary/aromatic N) is 1. The van der Waals surface area contributed by atoms with Gasteiger partial charge in [0.1, 0.15) is 17.2 Å². The van der Waals surface area contributed by atoms with E-state index in [4.69, 9.17) is 9.84 Å². The molecule has 0 aliphatic rings. The molecule has 0 fully saturated rings. The topological polar surface area (TPSA) is 76.0 Å². The Morgan fingerprint density at radius 1 is 1.05 bits per heavy atom. The van der Waals surface area contributed by atoms with E-state index in [0.29, 0.717) is 12.2 Å². The number of phenols is 1. The first-order valence-electron chi connectivity index (χ1n) is 6.09. The van der Waals surface area contributed by atoms with Crippen molar-refractivity contribution in [3.63, 3.8) is 0 Å². The van der Waals surface area contributed by atoms with Gasteiger partial charge in [-0.3, -0.25) is 4.79 Å². The zero-order valence-corrected chi connectivity index (χ0v) is 10.7. The Hall–Kier alpha value is -2.69. The van der Waals surface area contributed by atoms with E-state index >= 15 is 0 Å². The smallest absolute Gasteiger partial charge is 0.311 e. The minimum Gasteiger partial charge on any atom is -0.508 e. The standard InChI is InChI=1S/C15H13NO4/c17-13-6-1-11(2-7-13)3-10-15(18)20-14-8-4-12(16-19)5-9-14/h1-2,4-9,17H,3,10H2. The van der Waals surface area contributed by atoms with Crippen LogP contribution in [0.5, 0.6) is 11.5 Å². The SMILES string of the molecule is O=Nc1ccc(OC(=O)CCc2ccc(O)cc2)cc1. The van der Waals surface area contributed by atoms with Crippen molar-refractivity contribution in [2.24, 2.45) is 5.18 Å². The van der Waals surface area contributed by atoms with E-state index in [1.165, 1.54) is 24.3 Å². The molecule has 0 amide bonds. The molecule has 102 valence electrons. The van der Waals surface area contributed by atoms with Crippen LogP contribution in [0.2, 0.25) is 0 Å². The van der Waals surface area contributed by atoms with Gasteiger partial charge in [0, 0.05) is 6.42 Å². The normalized spacial score (nSPS) is 10.0. The third-order valence-electron chi connectivity index (χ3n) is 2.73. The number of hydrogen-bond donors (Lipinski definition) is 1. The molecule has 0 bridgehead atoms. The number of esters is 1. The van der Waals surface area contributed by atoms with Gasteiger partial charge in [-0.2, -0.15) is 0 Å². The summed E-state index contributed by atoms with van der Waals surface area (Å²) in [7, 11) is 0. The number of hydrogen-bond acceptors (Lipinski definition) is 5. The predicted molar refractivity (Wildman–Crippen MR) is 74.0 cm³/mol. The van der Waals surface area contributed by atoms with E-state index in [1.54, 1.807) is 24.3 Å². The van der Waals surface area contributed by atoms with E-state index in [0.717, 1.165) is 5.56 Å². The van der Waals surface area contributed by atoms with Gasteiger partial charge < -0.3 is 9.84 Å². The molecule has 0 heterocycles. The van der Waals surface area contributed by atoms with Crippen LogP contribution in [0.15, 0.2) is 53.7 Å². The van der Waals surface area contributed by atoms with Gasteiger partial charge in [0.25, 0.3) is 0 Å². The molecule has 1 N–H and O–H groups in total. The van der Waals surface area contributed by atoms with Gasteiger partial charge in [0.15, 0.2) is 0 Å². The van der Waals surface area contributed by atoms with E-state index in [1.807, 2.05) is 0 Å². The lowest BCUT2D eigenvalue weighted by Crippen LogP contribution is -2.08. The van der Waals surface area contributed by atoms with Gasteiger partial charge in [-0.05, 0) is 53.6 Å². The summed E-state index contributed by atoms with van der Waals surface area (Å²) in [6.07, 6.45) is 0.769. The quantitative estimate of drug-likeness (QED) is 0.514. The maximum Gasteiger partial charge on any atom is 0.311 e. The molecule has 0 aromatic heterocycles. The number of aromatic hydroxyl groups is 1. The Morgan fingerprint density at radius 2 is 1.70 bits per heavy atom. The van der Waals surface area contributed by atoms with Crippen LogP contribution in [0.3, 0.4) is 0 Å². The molecule has 2 aromatic rings. The van der Waals surface area contributed by atoms with Crippen LogP contribution in [0.25, 0.3) is 0 Å². The van der Waals surface area contributed by atoms with Crippen LogP contribution in [-0.4, -0.2) is 11.1 Å². The summed E-state index contributed by atoms with van der Waals surface area (Å²) >= 11 is 0. The molecule has 0 spiro atoms. The molecule has 0 aliphatic heterocycles. The third-order valence-corrected chi connectivity index (χ3v) is 2.73. The Balaban J connectivity index is 1.85. The van der Waals surface area contributed by atoms with Crippen molar-refractivity contribution < 1.29 is 14.6 Å². The second-order valence-corrected chi connectivity index (χ2v) is 4.23. The van der Waals surface area contributed by atoms with Crippen LogP contribution >= 0.6 is 0 Å². The molecule has 0 saturated carbocycles. The summed E-state index contributed by atoms with van der Waals surface area (Å²) in [4.78, 5) is 21.9. The fraction of sp³-hybridized carbons (Fsp3) is 0.133. The fourth-order valence-electron chi connectivity index (χ4n) is 1.67. The number of ether oxygens (including phenoxy) is 1. The van der Waals surface area contributed by atoms with Crippen molar-refractivity contribution in [1.82, 2.24) is 0 Å².